The number of piperazine rings is 1. The molecule has 3 aromatic rings. The van der Waals surface area contributed by atoms with Crippen LogP contribution in [0.3, 0.4) is 0 Å². The summed E-state index contributed by atoms with van der Waals surface area (Å²) in [6.07, 6.45) is 5.12. The number of Topliss-reactive ketones (excluding diaryl/α,β-unsaturated/α-hetero) is 1. The lowest BCUT2D eigenvalue weighted by molar-refractivity contribution is -0.116. The molecule has 0 radical (unpaired) electrons. The summed E-state index contributed by atoms with van der Waals surface area (Å²) in [7, 11) is 1.88. The van der Waals surface area contributed by atoms with E-state index in [0.717, 1.165) is 55.5 Å². The van der Waals surface area contributed by atoms with E-state index in [9.17, 15) is 14.7 Å². The van der Waals surface area contributed by atoms with E-state index < -0.39 is 5.97 Å². The number of nitrogens with zero attached hydrogens (tertiary/aromatic N) is 3. The molecule has 3 heterocycles. The number of aromatic carboxylic acids is 1. The maximum atomic E-state index is 13.2. The van der Waals surface area contributed by atoms with Crippen LogP contribution in [0.25, 0.3) is 16.6 Å². The second-order valence-electron chi connectivity index (χ2n) is 10.7. The van der Waals surface area contributed by atoms with Crippen molar-refractivity contribution in [2.24, 2.45) is 18.7 Å². The largest absolute Gasteiger partial charge is 0.478 e. The van der Waals surface area contributed by atoms with Gasteiger partial charge in [0.15, 0.2) is 5.78 Å². The third kappa shape index (κ3) is 4.36. The highest BCUT2D eigenvalue weighted by Crippen LogP contribution is 2.39. The van der Waals surface area contributed by atoms with E-state index in [2.05, 4.69) is 15.9 Å². The zero-order valence-corrected chi connectivity index (χ0v) is 22.7. The lowest BCUT2D eigenvalue weighted by atomic mass is 9.97. The van der Waals surface area contributed by atoms with Gasteiger partial charge >= 0.3 is 5.97 Å². The Labute approximate surface area is 231 Å². The summed E-state index contributed by atoms with van der Waals surface area (Å²) in [5.74, 6) is -0.726. The number of benzene rings is 2. The van der Waals surface area contributed by atoms with Crippen LogP contribution in [0.2, 0.25) is 10.0 Å². The number of carboxylic acid groups (broad SMARTS) is 1. The fourth-order valence-corrected chi connectivity index (χ4v) is 6.81. The smallest absolute Gasteiger partial charge is 0.337 e. The second-order valence-corrected chi connectivity index (χ2v) is 11.5. The molecule has 2 bridgehead atoms. The number of rotatable bonds is 8. The van der Waals surface area contributed by atoms with E-state index in [1.165, 1.54) is 0 Å². The molecule has 0 amide bonds. The molecular weight excluding hydrogens is 523 g/mol. The van der Waals surface area contributed by atoms with Gasteiger partial charge in [0.25, 0.3) is 0 Å². The van der Waals surface area contributed by atoms with Crippen molar-refractivity contribution < 1.29 is 14.7 Å². The molecule has 1 aromatic heterocycles. The molecule has 3 N–H and O–H groups in total. The van der Waals surface area contributed by atoms with Crippen LogP contribution in [0, 0.1) is 5.92 Å². The quantitative estimate of drug-likeness (QED) is 0.374. The van der Waals surface area contributed by atoms with Crippen molar-refractivity contribution in [3.05, 3.63) is 69.3 Å². The van der Waals surface area contributed by atoms with Crippen molar-refractivity contribution in [2.75, 3.05) is 24.5 Å². The van der Waals surface area contributed by atoms with Crippen LogP contribution in [0.1, 0.15) is 41.6 Å². The Morgan fingerprint density at radius 3 is 2.45 bits per heavy atom. The summed E-state index contributed by atoms with van der Waals surface area (Å²) in [4.78, 5) is 29.7. The van der Waals surface area contributed by atoms with E-state index in [0.29, 0.717) is 50.9 Å². The Bertz CT molecular complexity index is 1470. The Hall–Kier alpha value is -3.00. The van der Waals surface area contributed by atoms with Gasteiger partial charge in [-0.3, -0.25) is 9.69 Å². The number of aryl methyl sites for hydroxylation is 1. The lowest BCUT2D eigenvalue weighted by Crippen LogP contribution is -2.46. The Morgan fingerprint density at radius 2 is 1.82 bits per heavy atom. The van der Waals surface area contributed by atoms with Gasteiger partial charge < -0.3 is 20.3 Å². The number of hydrogen-bond donors (Lipinski definition) is 2. The lowest BCUT2D eigenvalue weighted by Gasteiger charge is -2.36. The van der Waals surface area contributed by atoms with Gasteiger partial charge in [0.05, 0.1) is 21.1 Å². The molecule has 38 heavy (non-hydrogen) atoms. The van der Waals surface area contributed by atoms with E-state index in [-0.39, 0.29) is 11.7 Å². The molecule has 2 saturated heterocycles. The minimum atomic E-state index is -0.912. The summed E-state index contributed by atoms with van der Waals surface area (Å²) >= 11 is 12.9. The van der Waals surface area contributed by atoms with Crippen molar-refractivity contribution in [1.29, 1.82) is 0 Å². The number of carbonyl (C=O) groups excluding carboxylic acids is 1. The summed E-state index contributed by atoms with van der Waals surface area (Å²) in [5, 5.41) is 11.2. The minimum Gasteiger partial charge on any atom is -0.478 e. The Balaban J connectivity index is 1.19. The average molecular weight is 553 g/mol. The number of carbonyl (C=O) groups is 2. The van der Waals surface area contributed by atoms with Crippen molar-refractivity contribution in [2.45, 2.75) is 37.8 Å². The summed E-state index contributed by atoms with van der Waals surface area (Å²) < 4.78 is 1.88. The van der Waals surface area contributed by atoms with E-state index in [1.807, 2.05) is 23.7 Å². The minimum absolute atomic E-state index is 0.0596. The molecule has 2 unspecified atom stereocenters. The van der Waals surface area contributed by atoms with Crippen molar-refractivity contribution in [3.8, 4) is 0 Å². The standard InChI is InChI=1S/C29H30Cl2N4O3/c1-33-15-22(29(37)38)20-8-7-17(12-25(20)33)35-14-18-11-19(35)13-34(18)10-9-21(28(36)16-5-6-16)27(32)26-23(30)3-2-4-24(26)31/h2-4,7-8,12,15-16,18-19H,5-6,9-11,13-14,32H2,1H3,(H,37,38). The molecule has 2 aromatic carbocycles. The molecular formula is C29H30Cl2N4O3. The van der Waals surface area contributed by atoms with Gasteiger partial charge in [0.1, 0.15) is 0 Å². The molecule has 2 aliphatic heterocycles. The number of likely N-dealkylation sites (tertiary alicyclic amines) is 1. The topological polar surface area (TPSA) is 91.8 Å². The van der Waals surface area contributed by atoms with Gasteiger partial charge in [-0.25, -0.2) is 4.79 Å². The first-order chi connectivity index (χ1) is 18.2. The van der Waals surface area contributed by atoms with E-state index in [4.69, 9.17) is 28.9 Å². The van der Waals surface area contributed by atoms with Crippen molar-refractivity contribution in [3.63, 3.8) is 0 Å². The second kappa shape index (κ2) is 9.63. The van der Waals surface area contributed by atoms with Gasteiger partial charge in [-0.15, -0.1) is 0 Å². The highest BCUT2D eigenvalue weighted by Gasteiger charge is 2.43. The predicted molar refractivity (Wildman–Crippen MR) is 151 cm³/mol. The van der Waals surface area contributed by atoms with Crippen LogP contribution in [0.4, 0.5) is 5.69 Å². The van der Waals surface area contributed by atoms with E-state index in [1.54, 1.807) is 24.4 Å². The third-order valence-corrected chi connectivity index (χ3v) is 8.97. The number of fused-ring (bicyclic) bond motifs is 3. The van der Waals surface area contributed by atoms with Crippen LogP contribution < -0.4 is 10.6 Å². The first-order valence-electron chi connectivity index (χ1n) is 13.0. The number of aromatic nitrogens is 1. The normalized spacial score (nSPS) is 21.8. The first-order valence-corrected chi connectivity index (χ1v) is 13.8. The number of hydrogen-bond acceptors (Lipinski definition) is 5. The van der Waals surface area contributed by atoms with Crippen LogP contribution in [0.15, 0.2) is 48.2 Å². The molecule has 6 rings (SSSR count). The summed E-state index contributed by atoms with van der Waals surface area (Å²) in [5.41, 5.74) is 10.5. The maximum absolute atomic E-state index is 13.2. The highest BCUT2D eigenvalue weighted by molar-refractivity contribution is 6.37. The first kappa shape index (κ1) is 25.3. The summed E-state index contributed by atoms with van der Waals surface area (Å²) in [6, 6.07) is 12.1. The molecule has 1 aliphatic carbocycles. The maximum Gasteiger partial charge on any atom is 0.337 e. The fraction of sp³-hybridized carbons (Fsp3) is 0.379. The van der Waals surface area contributed by atoms with Gasteiger partial charge in [-0.05, 0) is 56.0 Å². The molecule has 1 saturated carbocycles. The highest BCUT2D eigenvalue weighted by atomic mass is 35.5. The SMILES string of the molecule is Cn1cc(C(=O)O)c2ccc(N3CC4CC3CN4CCC(C(=O)C3CC3)=C(N)c3c(Cl)cccc3Cl)cc21. The number of ketones is 1. The number of halogens is 2. The van der Waals surface area contributed by atoms with Crippen LogP contribution in [-0.2, 0) is 11.8 Å². The van der Waals surface area contributed by atoms with Crippen LogP contribution in [-0.4, -0.2) is 58.0 Å². The molecule has 3 aliphatic rings. The van der Waals surface area contributed by atoms with Gasteiger partial charge in [0, 0.05) is 78.8 Å². The van der Waals surface area contributed by atoms with Crippen molar-refractivity contribution >= 4 is 57.2 Å². The third-order valence-electron chi connectivity index (χ3n) is 8.34. The average Bonchev–Trinajstić information content (AvgIpc) is 3.43. The number of carboxylic acids is 1. The van der Waals surface area contributed by atoms with E-state index >= 15 is 0 Å². The summed E-state index contributed by atoms with van der Waals surface area (Å²) in [6.45, 7) is 2.56. The van der Waals surface area contributed by atoms with Crippen LogP contribution >= 0.6 is 23.2 Å². The number of nitrogens with two attached hydrogens (primary N) is 1. The molecule has 0 spiro atoms. The van der Waals surface area contributed by atoms with Gasteiger partial charge in [-0.2, -0.15) is 0 Å². The Morgan fingerprint density at radius 1 is 1.08 bits per heavy atom. The van der Waals surface area contributed by atoms with Gasteiger partial charge in [-0.1, -0.05) is 29.3 Å². The zero-order chi connectivity index (χ0) is 26.7. The fourth-order valence-electron chi connectivity index (χ4n) is 6.20. The molecule has 198 valence electrons. The van der Waals surface area contributed by atoms with Crippen molar-refractivity contribution in [1.82, 2.24) is 9.47 Å². The predicted octanol–water partition coefficient (Wildman–Crippen LogP) is 5.19. The monoisotopic (exact) mass is 552 g/mol. The number of anilines is 1. The van der Waals surface area contributed by atoms with Gasteiger partial charge in [0.2, 0.25) is 0 Å². The molecule has 7 nitrogen and oxygen atoms in total. The molecule has 9 heteroatoms. The molecule has 3 fully saturated rings. The Kier molecular flexibility index (Phi) is 6.41. The van der Waals surface area contributed by atoms with Crippen LogP contribution in [0.5, 0.6) is 0 Å². The molecule has 2 atom stereocenters. The zero-order valence-electron chi connectivity index (χ0n) is 21.2.